The molecular formula is C19H14F3NO3. The maximum Gasteiger partial charge on any atom is 0.416 e. The molecular weight excluding hydrogens is 347 g/mol. The highest BCUT2D eigenvalue weighted by Crippen LogP contribution is 2.30. The van der Waals surface area contributed by atoms with E-state index in [2.05, 4.69) is 5.16 Å². The summed E-state index contributed by atoms with van der Waals surface area (Å²) in [5.41, 5.74) is 0.608. The molecule has 0 saturated heterocycles. The minimum atomic E-state index is -4.45. The Morgan fingerprint density at radius 1 is 1.12 bits per heavy atom. The normalized spacial score (nSPS) is 11.4. The van der Waals surface area contributed by atoms with E-state index >= 15 is 0 Å². The molecule has 0 fully saturated rings. The molecule has 0 unspecified atom stereocenters. The number of hydrogen-bond donors (Lipinski definition) is 0. The average molecular weight is 361 g/mol. The van der Waals surface area contributed by atoms with Gasteiger partial charge in [-0.25, -0.2) is 4.79 Å². The summed E-state index contributed by atoms with van der Waals surface area (Å²) in [4.78, 5) is 12.4. The smallest absolute Gasteiger partial charge is 0.416 e. The van der Waals surface area contributed by atoms with Gasteiger partial charge in [-0.15, -0.1) is 0 Å². The number of nitrogens with zero attached hydrogens (tertiary/aromatic N) is 1. The molecule has 1 heterocycles. The Morgan fingerprint density at radius 2 is 1.85 bits per heavy atom. The highest BCUT2D eigenvalue weighted by Gasteiger charge is 2.30. The van der Waals surface area contributed by atoms with Crippen LogP contribution < -0.4 is 0 Å². The summed E-state index contributed by atoms with van der Waals surface area (Å²) in [7, 11) is 0. The minimum absolute atomic E-state index is 0.156. The number of esters is 1. The van der Waals surface area contributed by atoms with Crippen LogP contribution in [0.25, 0.3) is 11.3 Å². The van der Waals surface area contributed by atoms with Gasteiger partial charge in [-0.05, 0) is 24.6 Å². The molecule has 0 bridgehead atoms. The van der Waals surface area contributed by atoms with E-state index in [1.807, 2.05) is 6.07 Å². The number of aryl methyl sites for hydroxylation is 1. The lowest BCUT2D eigenvalue weighted by Gasteiger charge is -2.09. The van der Waals surface area contributed by atoms with Crippen molar-refractivity contribution in [3.63, 3.8) is 0 Å². The standard InChI is InChI=1S/C19H14F3NO3/c1-12-16(17(23-26-12)14-7-3-2-4-8-14)18(24)25-11-13-6-5-9-15(10-13)19(20,21)22/h2-10H,11H2,1H3. The van der Waals surface area contributed by atoms with E-state index in [4.69, 9.17) is 9.26 Å². The Balaban J connectivity index is 1.79. The quantitative estimate of drug-likeness (QED) is 0.612. The lowest BCUT2D eigenvalue weighted by Crippen LogP contribution is -2.09. The number of aromatic nitrogens is 1. The van der Waals surface area contributed by atoms with Crippen LogP contribution in [-0.4, -0.2) is 11.1 Å². The van der Waals surface area contributed by atoms with Crippen LogP contribution >= 0.6 is 0 Å². The van der Waals surface area contributed by atoms with E-state index < -0.39 is 17.7 Å². The summed E-state index contributed by atoms with van der Waals surface area (Å²) >= 11 is 0. The highest BCUT2D eigenvalue weighted by atomic mass is 19.4. The first-order valence-corrected chi connectivity index (χ1v) is 7.71. The molecule has 1 aromatic heterocycles. The molecule has 0 aliphatic heterocycles. The van der Waals surface area contributed by atoms with Crippen molar-refractivity contribution in [1.29, 1.82) is 0 Å². The van der Waals surface area contributed by atoms with Crippen LogP contribution in [0.5, 0.6) is 0 Å². The van der Waals surface area contributed by atoms with Crippen LogP contribution in [-0.2, 0) is 17.5 Å². The van der Waals surface area contributed by atoms with E-state index in [0.29, 0.717) is 11.3 Å². The average Bonchev–Trinajstić information content (AvgIpc) is 3.01. The number of hydrogen-bond acceptors (Lipinski definition) is 4. The largest absolute Gasteiger partial charge is 0.457 e. The van der Waals surface area contributed by atoms with Crippen molar-refractivity contribution in [2.45, 2.75) is 19.7 Å². The molecule has 0 N–H and O–H groups in total. The number of halogens is 3. The van der Waals surface area contributed by atoms with Gasteiger partial charge in [-0.1, -0.05) is 47.6 Å². The fraction of sp³-hybridized carbons (Fsp3) is 0.158. The lowest BCUT2D eigenvalue weighted by atomic mass is 10.1. The third-order valence-corrected chi connectivity index (χ3v) is 3.74. The van der Waals surface area contributed by atoms with E-state index in [9.17, 15) is 18.0 Å². The van der Waals surface area contributed by atoms with Gasteiger partial charge in [-0.3, -0.25) is 0 Å². The summed E-state index contributed by atoms with van der Waals surface area (Å²) in [6, 6.07) is 13.6. The molecule has 2 aromatic carbocycles. The number of rotatable bonds is 4. The van der Waals surface area contributed by atoms with Gasteiger partial charge in [0, 0.05) is 5.56 Å². The molecule has 0 atom stereocenters. The molecule has 0 aliphatic rings. The van der Waals surface area contributed by atoms with Gasteiger partial charge in [0.2, 0.25) is 0 Å². The highest BCUT2D eigenvalue weighted by molar-refractivity contribution is 5.97. The molecule has 0 aliphatic carbocycles. The zero-order valence-electron chi connectivity index (χ0n) is 13.7. The molecule has 7 heteroatoms. The minimum Gasteiger partial charge on any atom is -0.457 e. The summed E-state index contributed by atoms with van der Waals surface area (Å²) in [6.45, 7) is 1.28. The van der Waals surface area contributed by atoms with Gasteiger partial charge in [0.25, 0.3) is 0 Å². The van der Waals surface area contributed by atoms with Crippen LogP contribution in [0.4, 0.5) is 13.2 Å². The number of carbonyl (C=O) groups is 1. The summed E-state index contributed by atoms with van der Waals surface area (Å²) in [5, 5.41) is 3.88. The number of benzene rings is 2. The molecule has 3 aromatic rings. The van der Waals surface area contributed by atoms with Crippen LogP contribution in [0.1, 0.15) is 27.2 Å². The maximum atomic E-state index is 12.8. The van der Waals surface area contributed by atoms with E-state index in [1.165, 1.54) is 12.1 Å². The van der Waals surface area contributed by atoms with Crippen molar-refractivity contribution < 1.29 is 27.2 Å². The van der Waals surface area contributed by atoms with Gasteiger partial charge in [0.15, 0.2) is 0 Å². The van der Waals surface area contributed by atoms with E-state index in [1.54, 1.807) is 31.2 Å². The Morgan fingerprint density at radius 3 is 2.54 bits per heavy atom. The van der Waals surface area contributed by atoms with Crippen molar-refractivity contribution >= 4 is 5.97 Å². The Hall–Kier alpha value is -3.09. The van der Waals surface area contributed by atoms with Crippen LogP contribution in [0, 0.1) is 6.92 Å². The van der Waals surface area contributed by atoms with E-state index in [-0.39, 0.29) is 23.5 Å². The Kier molecular flexibility index (Phi) is 4.79. The Bertz CT molecular complexity index is 917. The lowest BCUT2D eigenvalue weighted by molar-refractivity contribution is -0.137. The van der Waals surface area contributed by atoms with Crippen molar-refractivity contribution in [3.8, 4) is 11.3 Å². The second-order valence-corrected chi connectivity index (χ2v) is 5.60. The topological polar surface area (TPSA) is 52.3 Å². The van der Waals surface area contributed by atoms with Crippen LogP contribution in [0.2, 0.25) is 0 Å². The zero-order valence-corrected chi connectivity index (χ0v) is 13.7. The van der Waals surface area contributed by atoms with Crippen LogP contribution in [0.15, 0.2) is 59.1 Å². The third-order valence-electron chi connectivity index (χ3n) is 3.74. The molecule has 0 amide bonds. The summed E-state index contributed by atoms with van der Waals surface area (Å²) in [6.07, 6.45) is -4.45. The molecule has 0 spiro atoms. The molecule has 26 heavy (non-hydrogen) atoms. The van der Waals surface area contributed by atoms with Gasteiger partial charge in [0.1, 0.15) is 23.6 Å². The monoisotopic (exact) mass is 361 g/mol. The second kappa shape index (κ2) is 7.03. The van der Waals surface area contributed by atoms with Gasteiger partial charge >= 0.3 is 12.1 Å². The first-order valence-electron chi connectivity index (χ1n) is 7.71. The number of ether oxygens (including phenoxy) is 1. The van der Waals surface area contributed by atoms with Crippen molar-refractivity contribution in [2.24, 2.45) is 0 Å². The van der Waals surface area contributed by atoms with E-state index in [0.717, 1.165) is 12.1 Å². The molecule has 3 rings (SSSR count). The molecule has 0 saturated carbocycles. The third kappa shape index (κ3) is 3.77. The van der Waals surface area contributed by atoms with Crippen molar-refractivity contribution in [1.82, 2.24) is 5.16 Å². The predicted molar refractivity (Wildman–Crippen MR) is 87.2 cm³/mol. The van der Waals surface area contributed by atoms with Gasteiger partial charge in [0.05, 0.1) is 5.56 Å². The molecule has 4 nitrogen and oxygen atoms in total. The fourth-order valence-electron chi connectivity index (χ4n) is 2.46. The number of carbonyl (C=O) groups excluding carboxylic acids is 1. The SMILES string of the molecule is Cc1onc(-c2ccccc2)c1C(=O)OCc1cccc(C(F)(F)F)c1. The summed E-state index contributed by atoms with van der Waals surface area (Å²) < 4.78 is 48.5. The van der Waals surface area contributed by atoms with Crippen molar-refractivity contribution in [2.75, 3.05) is 0 Å². The molecule has 134 valence electrons. The summed E-state index contributed by atoms with van der Waals surface area (Å²) in [5.74, 6) is -0.432. The maximum absolute atomic E-state index is 12.8. The van der Waals surface area contributed by atoms with Gasteiger partial charge < -0.3 is 9.26 Å². The van der Waals surface area contributed by atoms with Crippen molar-refractivity contribution in [3.05, 3.63) is 77.0 Å². The first kappa shape index (κ1) is 17.7. The predicted octanol–water partition coefficient (Wildman–Crippen LogP) is 5.03. The zero-order chi connectivity index (χ0) is 18.7. The molecule has 0 radical (unpaired) electrons. The fourth-order valence-corrected chi connectivity index (χ4v) is 2.46. The number of alkyl halides is 3. The van der Waals surface area contributed by atoms with Gasteiger partial charge in [-0.2, -0.15) is 13.2 Å². The van der Waals surface area contributed by atoms with Crippen LogP contribution in [0.3, 0.4) is 0 Å². The second-order valence-electron chi connectivity index (χ2n) is 5.60. The Labute approximate surface area is 147 Å². The first-order chi connectivity index (χ1) is 12.4.